The lowest BCUT2D eigenvalue weighted by Crippen LogP contribution is -2.56. The van der Waals surface area contributed by atoms with Crippen molar-refractivity contribution in [3.63, 3.8) is 0 Å². The highest BCUT2D eigenvalue weighted by atomic mass is 16.5. The third kappa shape index (κ3) is 11.4. The molecule has 214 valence electrons. The number of carbonyl (C=O) groups is 2. The summed E-state index contributed by atoms with van der Waals surface area (Å²) in [5.41, 5.74) is 1.68. The molecule has 2 atom stereocenters. The van der Waals surface area contributed by atoms with Gasteiger partial charge in [-0.25, -0.2) is 0 Å². The van der Waals surface area contributed by atoms with E-state index in [1.165, 1.54) is 32.1 Å². The van der Waals surface area contributed by atoms with E-state index in [9.17, 15) is 9.59 Å². The second-order valence-electron chi connectivity index (χ2n) is 12.5. The molecule has 39 heavy (non-hydrogen) atoms. The summed E-state index contributed by atoms with van der Waals surface area (Å²) in [6.45, 7) is 11.5. The van der Waals surface area contributed by atoms with Crippen molar-refractivity contribution in [2.24, 2.45) is 11.8 Å². The Morgan fingerprint density at radius 2 is 1.54 bits per heavy atom. The second-order valence-corrected chi connectivity index (χ2v) is 12.5. The SMILES string of the molecule is CC(C)C[C@H](NCC1CCCCC1)C(=O)N[C@@H](Cc1ccc(OCc2ccccc2)cc1)C(=O)NC(C)(C)C. The lowest BCUT2D eigenvalue weighted by Gasteiger charge is -2.29. The van der Waals surface area contributed by atoms with E-state index < -0.39 is 11.6 Å². The summed E-state index contributed by atoms with van der Waals surface area (Å²) in [6.07, 6.45) is 7.47. The molecular formula is C33H49N3O3. The maximum absolute atomic E-state index is 13.5. The zero-order valence-electron chi connectivity index (χ0n) is 24.6. The van der Waals surface area contributed by atoms with Gasteiger partial charge in [-0.2, -0.15) is 0 Å². The Bertz CT molecular complexity index is 1010. The molecule has 1 fully saturated rings. The van der Waals surface area contributed by atoms with Crippen LogP contribution in [-0.4, -0.2) is 36.0 Å². The highest BCUT2D eigenvalue weighted by Crippen LogP contribution is 2.23. The molecule has 6 heteroatoms. The van der Waals surface area contributed by atoms with Gasteiger partial charge in [-0.3, -0.25) is 9.59 Å². The maximum Gasteiger partial charge on any atom is 0.243 e. The number of nitrogens with one attached hydrogen (secondary N) is 3. The van der Waals surface area contributed by atoms with Crippen molar-refractivity contribution < 1.29 is 14.3 Å². The summed E-state index contributed by atoms with van der Waals surface area (Å²) in [4.78, 5) is 26.8. The van der Waals surface area contributed by atoms with Crippen LogP contribution in [0.25, 0.3) is 0 Å². The van der Waals surface area contributed by atoms with Crippen molar-refractivity contribution in [3.05, 3.63) is 65.7 Å². The molecule has 6 nitrogen and oxygen atoms in total. The topological polar surface area (TPSA) is 79.5 Å². The highest BCUT2D eigenvalue weighted by molar-refractivity contribution is 5.90. The minimum atomic E-state index is -0.668. The van der Waals surface area contributed by atoms with Gasteiger partial charge in [0.15, 0.2) is 0 Å². The zero-order chi connectivity index (χ0) is 28.3. The van der Waals surface area contributed by atoms with E-state index in [-0.39, 0.29) is 17.9 Å². The van der Waals surface area contributed by atoms with E-state index >= 15 is 0 Å². The smallest absolute Gasteiger partial charge is 0.243 e. The zero-order valence-corrected chi connectivity index (χ0v) is 24.6. The monoisotopic (exact) mass is 535 g/mol. The molecule has 0 spiro atoms. The Balaban J connectivity index is 1.66. The predicted molar refractivity (Wildman–Crippen MR) is 159 cm³/mol. The summed E-state index contributed by atoms with van der Waals surface area (Å²) >= 11 is 0. The molecule has 3 rings (SSSR count). The van der Waals surface area contributed by atoms with Gasteiger partial charge in [-0.1, -0.05) is 75.6 Å². The average Bonchev–Trinajstić information content (AvgIpc) is 2.90. The minimum absolute atomic E-state index is 0.101. The summed E-state index contributed by atoms with van der Waals surface area (Å²) in [5, 5.41) is 9.71. The lowest BCUT2D eigenvalue weighted by molar-refractivity contribution is -0.131. The fourth-order valence-electron chi connectivity index (χ4n) is 5.09. The van der Waals surface area contributed by atoms with Gasteiger partial charge < -0.3 is 20.7 Å². The maximum atomic E-state index is 13.5. The van der Waals surface area contributed by atoms with Gasteiger partial charge in [0.2, 0.25) is 11.8 Å². The first-order chi connectivity index (χ1) is 18.6. The fraction of sp³-hybridized carbons (Fsp3) is 0.576. The number of hydrogen-bond acceptors (Lipinski definition) is 4. The van der Waals surface area contributed by atoms with Crippen LogP contribution in [0.2, 0.25) is 0 Å². The first kappa shape index (κ1) is 30.7. The van der Waals surface area contributed by atoms with E-state index in [0.717, 1.165) is 29.8 Å². The largest absolute Gasteiger partial charge is 0.489 e. The summed E-state index contributed by atoms with van der Waals surface area (Å²) in [5.74, 6) is 1.49. The van der Waals surface area contributed by atoms with Crippen LogP contribution >= 0.6 is 0 Å². The molecule has 2 aromatic carbocycles. The van der Waals surface area contributed by atoms with Crippen molar-refractivity contribution in [1.29, 1.82) is 0 Å². The van der Waals surface area contributed by atoms with Gasteiger partial charge >= 0.3 is 0 Å². The van der Waals surface area contributed by atoms with Gasteiger partial charge in [0.05, 0.1) is 6.04 Å². The van der Waals surface area contributed by atoms with Crippen LogP contribution in [-0.2, 0) is 22.6 Å². The van der Waals surface area contributed by atoms with E-state index in [1.807, 2.05) is 75.4 Å². The Labute approximate surface area is 235 Å². The fourth-order valence-corrected chi connectivity index (χ4v) is 5.09. The van der Waals surface area contributed by atoms with Crippen LogP contribution in [0.3, 0.4) is 0 Å². The molecule has 0 radical (unpaired) electrons. The van der Waals surface area contributed by atoms with Gasteiger partial charge in [-0.15, -0.1) is 0 Å². The lowest BCUT2D eigenvalue weighted by atomic mass is 9.89. The number of hydrogen-bond donors (Lipinski definition) is 3. The molecule has 3 N–H and O–H groups in total. The van der Waals surface area contributed by atoms with Gasteiger partial charge in [0.25, 0.3) is 0 Å². The minimum Gasteiger partial charge on any atom is -0.489 e. The Morgan fingerprint density at radius 3 is 2.15 bits per heavy atom. The van der Waals surface area contributed by atoms with Crippen LogP contribution in [0.4, 0.5) is 0 Å². The molecule has 1 aliphatic rings. The molecule has 0 saturated heterocycles. The summed E-state index contributed by atoms with van der Waals surface area (Å²) in [6, 6.07) is 16.8. The quantitative estimate of drug-likeness (QED) is 0.303. The third-order valence-electron chi connectivity index (χ3n) is 7.14. The van der Waals surface area contributed by atoms with Crippen molar-refractivity contribution >= 4 is 11.8 Å². The van der Waals surface area contributed by atoms with E-state index in [0.29, 0.717) is 24.9 Å². The number of rotatable bonds is 13. The molecule has 0 heterocycles. The van der Waals surface area contributed by atoms with Crippen molar-refractivity contribution in [2.45, 2.75) is 104 Å². The molecule has 2 aromatic rings. The Morgan fingerprint density at radius 1 is 0.872 bits per heavy atom. The van der Waals surface area contributed by atoms with Crippen LogP contribution in [0.15, 0.2) is 54.6 Å². The molecule has 2 amide bonds. The molecule has 1 aliphatic carbocycles. The van der Waals surface area contributed by atoms with E-state index in [1.54, 1.807) is 0 Å². The number of carbonyl (C=O) groups excluding carboxylic acids is 2. The van der Waals surface area contributed by atoms with E-state index in [4.69, 9.17) is 4.74 Å². The van der Waals surface area contributed by atoms with Crippen LogP contribution < -0.4 is 20.7 Å². The van der Waals surface area contributed by atoms with Gasteiger partial charge in [-0.05, 0) is 81.7 Å². The molecule has 0 aromatic heterocycles. The van der Waals surface area contributed by atoms with E-state index in [2.05, 4.69) is 29.8 Å². The Hall–Kier alpha value is -2.86. The first-order valence-electron chi connectivity index (χ1n) is 14.7. The third-order valence-corrected chi connectivity index (χ3v) is 7.14. The average molecular weight is 536 g/mol. The van der Waals surface area contributed by atoms with Crippen LogP contribution in [0, 0.1) is 11.8 Å². The van der Waals surface area contributed by atoms with Crippen LogP contribution in [0.1, 0.15) is 84.3 Å². The molecular weight excluding hydrogens is 486 g/mol. The predicted octanol–water partition coefficient (Wildman–Crippen LogP) is 5.79. The van der Waals surface area contributed by atoms with Crippen molar-refractivity contribution in [3.8, 4) is 5.75 Å². The number of amides is 2. The molecule has 1 saturated carbocycles. The normalized spacial score (nSPS) is 15.9. The standard InChI is InChI=1S/C33H49N3O3/c1-24(2)20-29(34-22-26-12-8-6-9-13-26)31(37)35-30(32(38)36-33(3,4)5)21-25-16-18-28(19-17-25)39-23-27-14-10-7-11-15-27/h7,10-11,14-19,24,26,29-30,34H,6,8-9,12-13,20-23H2,1-5H3,(H,35,37)(H,36,38)/t29-,30-/m0/s1. The highest BCUT2D eigenvalue weighted by Gasteiger charge is 2.29. The number of benzene rings is 2. The van der Waals surface area contributed by atoms with Crippen molar-refractivity contribution in [2.75, 3.05) is 6.54 Å². The second kappa shape index (κ2) is 15.1. The number of ether oxygens (including phenoxy) is 1. The summed E-state index contributed by atoms with van der Waals surface area (Å²) in [7, 11) is 0. The summed E-state index contributed by atoms with van der Waals surface area (Å²) < 4.78 is 5.92. The van der Waals surface area contributed by atoms with Gasteiger partial charge in [0.1, 0.15) is 18.4 Å². The Kier molecular flexibility index (Phi) is 11.9. The van der Waals surface area contributed by atoms with Crippen LogP contribution in [0.5, 0.6) is 5.75 Å². The first-order valence-corrected chi connectivity index (χ1v) is 14.7. The molecule has 0 bridgehead atoms. The van der Waals surface area contributed by atoms with Gasteiger partial charge in [0, 0.05) is 12.0 Å². The molecule has 0 aliphatic heterocycles. The van der Waals surface area contributed by atoms with Crippen molar-refractivity contribution in [1.82, 2.24) is 16.0 Å². The molecule has 0 unspecified atom stereocenters.